The molecule has 2 amide bonds. The number of aliphatic imine (C=N–C) groups is 2. The van der Waals surface area contributed by atoms with Crippen LogP contribution in [0.2, 0.25) is 0 Å². The lowest BCUT2D eigenvalue weighted by Gasteiger charge is -2.30. The predicted molar refractivity (Wildman–Crippen MR) is 117 cm³/mol. The van der Waals surface area contributed by atoms with E-state index in [-0.39, 0.29) is 30.0 Å². The van der Waals surface area contributed by atoms with Crippen LogP contribution in [0.25, 0.3) is 0 Å². The van der Waals surface area contributed by atoms with E-state index in [2.05, 4.69) is 22.2 Å². The fourth-order valence-corrected chi connectivity index (χ4v) is 4.11. The molecule has 160 valence electrons. The minimum atomic E-state index is -0.612. The summed E-state index contributed by atoms with van der Waals surface area (Å²) in [4.78, 5) is 47.3. The number of carbonyl (C=O) groups is 3. The van der Waals surface area contributed by atoms with E-state index in [1.807, 2.05) is 24.3 Å². The smallest absolute Gasteiger partial charge is 0.316 e. The largest absolute Gasteiger partial charge is 0.465 e. The van der Waals surface area contributed by atoms with Gasteiger partial charge in [0.05, 0.1) is 18.0 Å². The number of hydrogen-bond acceptors (Lipinski definition) is 7. The SMILES string of the molecule is CCCCNC(=O)CCC1C(=O)N=C2c3ccccc3N=C(SCC(=O)OCC)N21. The van der Waals surface area contributed by atoms with Crippen molar-refractivity contribution < 1.29 is 19.1 Å². The third-order valence-corrected chi connectivity index (χ3v) is 5.66. The van der Waals surface area contributed by atoms with E-state index in [0.717, 1.165) is 18.4 Å². The van der Waals surface area contributed by atoms with Crippen molar-refractivity contribution in [2.75, 3.05) is 18.9 Å². The van der Waals surface area contributed by atoms with E-state index in [0.29, 0.717) is 36.3 Å². The number of nitrogens with zero attached hydrogens (tertiary/aromatic N) is 3. The predicted octanol–water partition coefficient (Wildman–Crippen LogP) is 2.64. The average molecular weight is 431 g/mol. The molecule has 0 bridgehead atoms. The monoisotopic (exact) mass is 430 g/mol. The second-order valence-electron chi connectivity index (χ2n) is 6.91. The maximum Gasteiger partial charge on any atom is 0.316 e. The molecular formula is C21H26N4O4S. The van der Waals surface area contributed by atoms with Crippen LogP contribution in [0.5, 0.6) is 0 Å². The van der Waals surface area contributed by atoms with E-state index in [1.165, 1.54) is 11.8 Å². The number of benzene rings is 1. The molecule has 2 heterocycles. The summed E-state index contributed by atoms with van der Waals surface area (Å²) in [6.07, 6.45) is 2.47. The molecule has 0 saturated heterocycles. The molecule has 0 aliphatic carbocycles. The number of carbonyl (C=O) groups excluding carboxylic acids is 3. The Kier molecular flexibility index (Phi) is 7.62. The number of nitrogens with one attached hydrogen (secondary N) is 1. The van der Waals surface area contributed by atoms with Gasteiger partial charge in [-0.05, 0) is 31.9 Å². The Hall–Kier alpha value is -2.68. The number of hydrogen-bond donors (Lipinski definition) is 1. The summed E-state index contributed by atoms with van der Waals surface area (Å²) in [5, 5.41) is 3.39. The maximum absolute atomic E-state index is 12.7. The van der Waals surface area contributed by atoms with Gasteiger partial charge in [-0.15, -0.1) is 0 Å². The summed E-state index contributed by atoms with van der Waals surface area (Å²) in [6, 6.07) is 6.83. The summed E-state index contributed by atoms with van der Waals surface area (Å²) < 4.78 is 5.00. The summed E-state index contributed by atoms with van der Waals surface area (Å²) in [5.74, 6) is -0.127. The Morgan fingerprint density at radius 1 is 1.23 bits per heavy atom. The molecule has 30 heavy (non-hydrogen) atoms. The average Bonchev–Trinajstić information content (AvgIpc) is 3.07. The number of rotatable bonds is 9. The number of amides is 2. The summed E-state index contributed by atoms with van der Waals surface area (Å²) in [7, 11) is 0. The lowest BCUT2D eigenvalue weighted by Crippen LogP contribution is -2.44. The third-order valence-electron chi connectivity index (χ3n) is 4.73. The van der Waals surface area contributed by atoms with Crippen LogP contribution < -0.4 is 5.32 Å². The minimum absolute atomic E-state index is 0.0804. The molecule has 3 rings (SSSR count). The van der Waals surface area contributed by atoms with Gasteiger partial charge in [0.25, 0.3) is 5.91 Å². The summed E-state index contributed by atoms with van der Waals surface area (Å²) >= 11 is 1.21. The van der Waals surface area contributed by atoms with Gasteiger partial charge in [0.2, 0.25) is 5.91 Å². The molecule has 0 saturated carbocycles. The van der Waals surface area contributed by atoms with Crippen LogP contribution in [0.15, 0.2) is 34.3 Å². The Morgan fingerprint density at radius 2 is 2.03 bits per heavy atom. The number of ether oxygens (including phenoxy) is 1. The Bertz CT molecular complexity index is 884. The summed E-state index contributed by atoms with van der Waals surface area (Å²) in [5.41, 5.74) is 1.46. The lowest BCUT2D eigenvalue weighted by molar-refractivity contribution is -0.139. The Labute approximate surface area is 180 Å². The van der Waals surface area contributed by atoms with E-state index in [1.54, 1.807) is 11.8 Å². The van der Waals surface area contributed by atoms with Gasteiger partial charge in [-0.1, -0.05) is 37.2 Å². The molecule has 9 heteroatoms. The number of thioether (sulfide) groups is 1. The third kappa shape index (κ3) is 5.08. The molecule has 1 unspecified atom stereocenters. The molecule has 0 aromatic heterocycles. The molecular weight excluding hydrogens is 404 g/mol. The van der Waals surface area contributed by atoms with Gasteiger partial charge >= 0.3 is 5.97 Å². The van der Waals surface area contributed by atoms with Crippen LogP contribution in [0.1, 0.15) is 45.1 Å². The zero-order valence-electron chi connectivity index (χ0n) is 17.2. The molecule has 8 nitrogen and oxygen atoms in total. The van der Waals surface area contributed by atoms with E-state index < -0.39 is 6.04 Å². The van der Waals surface area contributed by atoms with Crippen molar-refractivity contribution in [3.8, 4) is 0 Å². The lowest BCUT2D eigenvalue weighted by atomic mass is 10.1. The summed E-state index contributed by atoms with van der Waals surface area (Å²) in [6.45, 7) is 4.75. The number of amidine groups is 2. The van der Waals surface area contributed by atoms with E-state index >= 15 is 0 Å². The van der Waals surface area contributed by atoms with Gasteiger partial charge in [0.15, 0.2) is 5.17 Å². The van der Waals surface area contributed by atoms with Gasteiger partial charge in [0.1, 0.15) is 11.9 Å². The normalized spacial score (nSPS) is 17.1. The number of esters is 1. The van der Waals surface area contributed by atoms with Gasteiger partial charge < -0.3 is 10.1 Å². The fraction of sp³-hybridized carbons (Fsp3) is 0.476. The zero-order chi connectivity index (χ0) is 21.5. The first-order valence-corrected chi connectivity index (χ1v) is 11.2. The van der Waals surface area contributed by atoms with Crippen LogP contribution in [0.3, 0.4) is 0 Å². The van der Waals surface area contributed by atoms with Crippen molar-refractivity contribution in [3.05, 3.63) is 29.8 Å². The molecule has 0 spiro atoms. The molecule has 1 N–H and O–H groups in total. The van der Waals surface area contributed by atoms with Gasteiger partial charge in [-0.25, -0.2) is 4.99 Å². The number of fused-ring (bicyclic) bond motifs is 3. The fourth-order valence-electron chi connectivity index (χ4n) is 3.26. The minimum Gasteiger partial charge on any atom is -0.465 e. The van der Waals surface area contributed by atoms with Gasteiger partial charge in [-0.2, -0.15) is 4.99 Å². The van der Waals surface area contributed by atoms with Crippen molar-refractivity contribution >= 4 is 46.2 Å². The van der Waals surface area contributed by atoms with Crippen LogP contribution >= 0.6 is 11.8 Å². The van der Waals surface area contributed by atoms with Crippen LogP contribution in [-0.2, 0) is 19.1 Å². The van der Waals surface area contributed by atoms with E-state index in [4.69, 9.17) is 4.74 Å². The zero-order valence-corrected chi connectivity index (χ0v) is 18.0. The van der Waals surface area contributed by atoms with Crippen molar-refractivity contribution in [2.24, 2.45) is 9.98 Å². The highest BCUT2D eigenvalue weighted by Crippen LogP contribution is 2.35. The number of unbranched alkanes of at least 4 members (excludes halogenated alkanes) is 1. The topological polar surface area (TPSA) is 100 Å². The molecule has 2 aliphatic heterocycles. The Balaban J connectivity index is 1.77. The van der Waals surface area contributed by atoms with Crippen LogP contribution in [0, 0.1) is 0 Å². The highest BCUT2D eigenvalue weighted by Gasteiger charge is 2.41. The van der Waals surface area contributed by atoms with Gasteiger partial charge in [0, 0.05) is 18.5 Å². The standard InChI is InChI=1S/C21H26N4O4S/c1-3-5-12-22-17(26)11-10-16-20(28)24-19-14-8-6-7-9-15(14)23-21(25(16)19)30-13-18(27)29-4-2/h6-9,16H,3-5,10-13H2,1-2H3,(H,22,26). The van der Waals surface area contributed by atoms with Crippen molar-refractivity contribution in [1.82, 2.24) is 10.2 Å². The molecule has 1 aromatic carbocycles. The second kappa shape index (κ2) is 10.4. The highest BCUT2D eigenvalue weighted by atomic mass is 32.2. The van der Waals surface area contributed by atoms with Crippen LogP contribution in [0.4, 0.5) is 5.69 Å². The first-order chi connectivity index (χ1) is 14.5. The first kappa shape index (κ1) is 22.0. The van der Waals surface area contributed by atoms with Crippen molar-refractivity contribution in [1.29, 1.82) is 0 Å². The molecule has 2 aliphatic rings. The van der Waals surface area contributed by atoms with E-state index in [9.17, 15) is 14.4 Å². The van der Waals surface area contributed by atoms with Crippen molar-refractivity contribution in [2.45, 2.75) is 45.6 Å². The molecule has 1 aromatic rings. The highest BCUT2D eigenvalue weighted by molar-refractivity contribution is 8.14. The second-order valence-corrected chi connectivity index (χ2v) is 7.85. The Morgan fingerprint density at radius 3 is 2.80 bits per heavy atom. The molecule has 1 atom stereocenters. The van der Waals surface area contributed by atoms with Crippen LogP contribution in [-0.4, -0.2) is 58.6 Å². The molecule has 0 fully saturated rings. The van der Waals surface area contributed by atoms with Crippen molar-refractivity contribution in [3.63, 3.8) is 0 Å². The first-order valence-electron chi connectivity index (χ1n) is 10.2. The maximum atomic E-state index is 12.7. The van der Waals surface area contributed by atoms with Gasteiger partial charge in [-0.3, -0.25) is 19.3 Å². The molecule has 0 radical (unpaired) electrons. The quantitative estimate of drug-likeness (QED) is 0.477. The number of para-hydroxylation sites is 1.